The van der Waals surface area contributed by atoms with E-state index < -0.39 is 11.7 Å². The van der Waals surface area contributed by atoms with Crippen LogP contribution in [0.25, 0.3) is 0 Å². The van der Waals surface area contributed by atoms with E-state index in [4.69, 9.17) is 9.47 Å². The summed E-state index contributed by atoms with van der Waals surface area (Å²) in [5.41, 5.74) is 0.0874. The van der Waals surface area contributed by atoms with Crippen LogP contribution in [0.5, 0.6) is 0 Å². The quantitative estimate of drug-likeness (QED) is 0.347. The van der Waals surface area contributed by atoms with Crippen LogP contribution in [0, 0.1) is 5.92 Å². The van der Waals surface area contributed by atoms with Gasteiger partial charge in [-0.25, -0.2) is 0 Å². The third kappa shape index (κ3) is 8.62. The van der Waals surface area contributed by atoms with Crippen molar-refractivity contribution < 1.29 is 22.6 Å². The fraction of sp³-hybridized carbons (Fsp3) is 0.667. The topological polar surface area (TPSA) is 54.9 Å². The van der Waals surface area contributed by atoms with Gasteiger partial charge in [0.05, 0.1) is 18.8 Å². The summed E-state index contributed by atoms with van der Waals surface area (Å²) >= 11 is 0. The highest BCUT2D eigenvalue weighted by Crippen LogP contribution is 2.31. The van der Waals surface area contributed by atoms with Gasteiger partial charge in [0.25, 0.3) is 0 Å². The second-order valence-electron chi connectivity index (χ2n) is 7.40. The molecule has 0 radical (unpaired) electrons. The predicted molar refractivity (Wildman–Crippen MR) is 108 cm³/mol. The molecule has 2 unspecified atom stereocenters. The van der Waals surface area contributed by atoms with Gasteiger partial charge in [0.2, 0.25) is 0 Å². The number of benzene rings is 1. The van der Waals surface area contributed by atoms with Crippen molar-refractivity contribution in [2.45, 2.75) is 38.3 Å². The Labute approximate surface area is 171 Å². The van der Waals surface area contributed by atoms with Crippen molar-refractivity contribution >= 4 is 5.96 Å². The van der Waals surface area contributed by atoms with Gasteiger partial charge in [-0.1, -0.05) is 25.1 Å². The molecule has 0 aromatic heterocycles. The van der Waals surface area contributed by atoms with Gasteiger partial charge in [-0.2, -0.15) is 13.2 Å². The van der Waals surface area contributed by atoms with Crippen LogP contribution in [0.3, 0.4) is 0 Å². The Kier molecular flexibility index (Phi) is 9.73. The number of nitrogens with zero attached hydrogens (tertiary/aromatic N) is 1. The molecule has 1 aromatic rings. The number of rotatable bonds is 10. The van der Waals surface area contributed by atoms with Crippen LogP contribution in [0.1, 0.15) is 43.2 Å². The molecule has 0 spiro atoms. The minimum Gasteiger partial charge on any atom is -0.381 e. The number of aliphatic imine (C=N–C) groups is 1. The number of nitrogens with one attached hydrogen (secondary N) is 2. The molecule has 1 fully saturated rings. The van der Waals surface area contributed by atoms with E-state index in [1.54, 1.807) is 13.1 Å². The summed E-state index contributed by atoms with van der Waals surface area (Å²) < 4.78 is 49.6. The second-order valence-corrected chi connectivity index (χ2v) is 7.40. The Balaban J connectivity index is 1.61. The van der Waals surface area contributed by atoms with Crippen LogP contribution in [-0.2, 0) is 15.7 Å². The molecule has 0 bridgehead atoms. The Morgan fingerprint density at radius 1 is 1.31 bits per heavy atom. The fourth-order valence-electron chi connectivity index (χ4n) is 3.16. The smallest absolute Gasteiger partial charge is 0.381 e. The first kappa shape index (κ1) is 23.5. The zero-order chi connectivity index (χ0) is 21.1. The highest BCUT2D eigenvalue weighted by Gasteiger charge is 2.30. The van der Waals surface area contributed by atoms with Crippen molar-refractivity contribution in [3.8, 4) is 0 Å². The van der Waals surface area contributed by atoms with Crippen LogP contribution in [0.2, 0.25) is 0 Å². The van der Waals surface area contributed by atoms with Crippen LogP contribution < -0.4 is 10.6 Å². The van der Waals surface area contributed by atoms with E-state index in [9.17, 15) is 13.2 Å². The summed E-state index contributed by atoms with van der Waals surface area (Å²) in [5.74, 6) is 1.22. The van der Waals surface area contributed by atoms with Gasteiger partial charge in [-0.05, 0) is 36.8 Å². The molecule has 1 aliphatic heterocycles. The van der Waals surface area contributed by atoms with E-state index in [2.05, 4.69) is 15.6 Å². The zero-order valence-electron chi connectivity index (χ0n) is 17.2. The van der Waals surface area contributed by atoms with Crippen LogP contribution in [0.4, 0.5) is 13.2 Å². The van der Waals surface area contributed by atoms with Crippen molar-refractivity contribution in [1.82, 2.24) is 10.6 Å². The first-order valence-corrected chi connectivity index (χ1v) is 10.2. The highest BCUT2D eigenvalue weighted by molar-refractivity contribution is 5.79. The largest absolute Gasteiger partial charge is 0.416 e. The van der Waals surface area contributed by atoms with Gasteiger partial charge in [0.15, 0.2) is 5.96 Å². The minimum atomic E-state index is -4.31. The molecule has 5 nitrogen and oxygen atoms in total. The molecule has 1 saturated heterocycles. The molecule has 1 aliphatic rings. The Morgan fingerprint density at radius 2 is 2.10 bits per heavy atom. The van der Waals surface area contributed by atoms with Crippen LogP contribution in [0.15, 0.2) is 29.3 Å². The lowest BCUT2D eigenvalue weighted by molar-refractivity contribution is -0.137. The van der Waals surface area contributed by atoms with E-state index in [1.807, 2.05) is 6.92 Å². The van der Waals surface area contributed by atoms with E-state index in [0.29, 0.717) is 37.0 Å². The third-order valence-corrected chi connectivity index (χ3v) is 5.01. The Bertz CT molecular complexity index is 632. The lowest BCUT2D eigenvalue weighted by Crippen LogP contribution is -2.38. The minimum absolute atomic E-state index is 0.0101. The molecular formula is C21H32F3N3O2. The molecule has 1 heterocycles. The number of ether oxygens (including phenoxy) is 2. The van der Waals surface area contributed by atoms with Gasteiger partial charge >= 0.3 is 6.18 Å². The summed E-state index contributed by atoms with van der Waals surface area (Å²) in [5, 5.41) is 6.44. The van der Waals surface area contributed by atoms with Crippen molar-refractivity contribution in [3.63, 3.8) is 0 Å². The lowest BCUT2D eigenvalue weighted by Gasteiger charge is -2.16. The van der Waals surface area contributed by atoms with Gasteiger partial charge in [0, 0.05) is 39.3 Å². The first-order valence-electron chi connectivity index (χ1n) is 10.2. The van der Waals surface area contributed by atoms with Crippen molar-refractivity contribution in [2.75, 3.05) is 46.6 Å². The van der Waals surface area contributed by atoms with Gasteiger partial charge < -0.3 is 20.1 Å². The van der Waals surface area contributed by atoms with E-state index in [-0.39, 0.29) is 5.92 Å². The predicted octanol–water partition coefficient (Wildman–Crippen LogP) is 3.81. The number of hydrogen-bond donors (Lipinski definition) is 2. The molecule has 8 heteroatoms. The number of halogens is 3. The molecule has 2 N–H and O–H groups in total. The first-order chi connectivity index (χ1) is 13.9. The van der Waals surface area contributed by atoms with Crippen molar-refractivity contribution in [1.29, 1.82) is 0 Å². The second kappa shape index (κ2) is 12.0. The van der Waals surface area contributed by atoms with E-state index in [0.717, 1.165) is 45.3 Å². The maximum atomic E-state index is 12.9. The standard InChI is InChI=1S/C21H32F3N3O2/c1-16(18-5-3-6-19(13-18)21(22,23)24)7-10-27-20(25-2)26-9-4-11-28-14-17-8-12-29-15-17/h3,5-6,13,16-17H,4,7-12,14-15H2,1-2H3,(H2,25,26,27). The molecule has 2 rings (SSSR count). The summed E-state index contributed by atoms with van der Waals surface area (Å²) in [6.45, 7) is 6.37. The highest BCUT2D eigenvalue weighted by atomic mass is 19.4. The zero-order valence-corrected chi connectivity index (χ0v) is 17.2. The van der Waals surface area contributed by atoms with Crippen molar-refractivity contribution in [3.05, 3.63) is 35.4 Å². The summed E-state index contributed by atoms with van der Waals surface area (Å²) in [6, 6.07) is 5.54. The normalized spacial score (nSPS) is 18.7. The fourth-order valence-corrected chi connectivity index (χ4v) is 3.16. The molecular weight excluding hydrogens is 383 g/mol. The number of guanidine groups is 1. The Hall–Kier alpha value is -1.80. The lowest BCUT2D eigenvalue weighted by atomic mass is 9.96. The summed E-state index contributed by atoms with van der Waals surface area (Å²) in [4.78, 5) is 4.17. The maximum absolute atomic E-state index is 12.9. The van der Waals surface area contributed by atoms with E-state index in [1.165, 1.54) is 12.1 Å². The monoisotopic (exact) mass is 415 g/mol. The average molecular weight is 416 g/mol. The molecule has 164 valence electrons. The molecule has 2 atom stereocenters. The summed E-state index contributed by atoms with van der Waals surface area (Å²) in [7, 11) is 1.70. The average Bonchev–Trinajstić information content (AvgIpc) is 3.22. The summed E-state index contributed by atoms with van der Waals surface area (Å²) in [6.07, 6.45) is -1.66. The van der Waals surface area contributed by atoms with Gasteiger partial charge in [-0.3, -0.25) is 4.99 Å². The molecule has 0 saturated carbocycles. The third-order valence-electron chi connectivity index (χ3n) is 5.01. The van der Waals surface area contributed by atoms with Crippen LogP contribution >= 0.6 is 0 Å². The molecule has 1 aromatic carbocycles. The Morgan fingerprint density at radius 3 is 2.79 bits per heavy atom. The maximum Gasteiger partial charge on any atom is 0.416 e. The molecule has 0 aliphatic carbocycles. The van der Waals surface area contributed by atoms with Gasteiger partial charge in [-0.15, -0.1) is 0 Å². The van der Waals surface area contributed by atoms with E-state index >= 15 is 0 Å². The molecule has 29 heavy (non-hydrogen) atoms. The van der Waals surface area contributed by atoms with Gasteiger partial charge in [0.1, 0.15) is 0 Å². The SMILES string of the molecule is CN=C(NCCCOCC1CCOC1)NCCC(C)c1cccc(C(F)(F)F)c1. The van der Waals surface area contributed by atoms with Crippen molar-refractivity contribution in [2.24, 2.45) is 10.9 Å². The molecule has 0 amide bonds. The number of hydrogen-bond acceptors (Lipinski definition) is 3. The number of alkyl halides is 3. The van der Waals surface area contributed by atoms with Crippen LogP contribution in [-0.4, -0.2) is 52.5 Å².